The van der Waals surface area contributed by atoms with Gasteiger partial charge < -0.3 is 14.4 Å². The highest BCUT2D eigenvalue weighted by Crippen LogP contribution is 2.37. The molecule has 0 aliphatic heterocycles. The summed E-state index contributed by atoms with van der Waals surface area (Å²) in [5.41, 5.74) is -1.98. The van der Waals surface area contributed by atoms with Gasteiger partial charge in [0.25, 0.3) is 0 Å². The molecule has 40 heavy (non-hydrogen) atoms. The monoisotopic (exact) mass is 571 g/mol. The number of halogens is 7. The third kappa shape index (κ3) is 7.96. The maximum atomic E-state index is 13.7. The van der Waals surface area contributed by atoms with Crippen molar-refractivity contribution in [2.24, 2.45) is 0 Å². The van der Waals surface area contributed by atoms with E-state index in [0.717, 1.165) is 42.3 Å². The number of rotatable bonds is 8. The van der Waals surface area contributed by atoms with Gasteiger partial charge in [-0.3, -0.25) is 4.79 Å². The quantitative estimate of drug-likeness (QED) is 0.209. The van der Waals surface area contributed by atoms with Gasteiger partial charge in [0.05, 0.1) is 24.7 Å². The van der Waals surface area contributed by atoms with Crippen LogP contribution < -0.4 is 0 Å². The van der Waals surface area contributed by atoms with Crippen LogP contribution in [0.3, 0.4) is 0 Å². The van der Waals surface area contributed by atoms with E-state index in [4.69, 9.17) is 4.74 Å². The van der Waals surface area contributed by atoms with Gasteiger partial charge in [-0.1, -0.05) is 24.3 Å². The highest BCUT2D eigenvalue weighted by molar-refractivity contribution is 5.76. The van der Waals surface area contributed by atoms with Crippen molar-refractivity contribution in [2.45, 2.75) is 38.8 Å². The van der Waals surface area contributed by atoms with E-state index >= 15 is 0 Å². The highest BCUT2D eigenvalue weighted by Gasteiger charge is 2.33. The summed E-state index contributed by atoms with van der Waals surface area (Å²) in [6.07, 6.45) is -11.0. The van der Waals surface area contributed by atoms with E-state index in [-0.39, 0.29) is 35.4 Å². The molecule has 0 bridgehead atoms. The van der Waals surface area contributed by atoms with Crippen LogP contribution in [0.15, 0.2) is 60.7 Å². The molecular weight excluding hydrogens is 547 g/mol. The number of esters is 1. The molecule has 0 aliphatic carbocycles. The van der Waals surface area contributed by atoms with Gasteiger partial charge in [-0.25, -0.2) is 9.18 Å². The molecule has 0 heterocycles. The molecule has 3 aromatic carbocycles. The molecule has 0 atom stereocenters. The zero-order valence-electron chi connectivity index (χ0n) is 21.3. The normalized spacial score (nSPS) is 11.7. The number of alkyl halides is 6. The first-order valence-corrected chi connectivity index (χ1v) is 11.9. The predicted molar refractivity (Wildman–Crippen MR) is 130 cm³/mol. The largest absolute Gasteiger partial charge is 0.469 e. The minimum absolute atomic E-state index is 0.00463. The zero-order chi connectivity index (χ0) is 29.7. The fraction of sp³-hybridized carbons (Fsp3) is 0.286. The summed E-state index contributed by atoms with van der Waals surface area (Å²) in [4.78, 5) is 25.6. The Morgan fingerprint density at radius 3 is 2.05 bits per heavy atom. The number of nitrogens with zero attached hydrogens (tertiary/aromatic N) is 1. The maximum Gasteiger partial charge on any atom is 0.416 e. The maximum absolute atomic E-state index is 13.7. The summed E-state index contributed by atoms with van der Waals surface area (Å²) in [6, 6.07) is 10.4. The third-order valence-corrected chi connectivity index (χ3v) is 5.92. The van der Waals surface area contributed by atoms with E-state index in [9.17, 15) is 40.3 Å². The summed E-state index contributed by atoms with van der Waals surface area (Å²) >= 11 is 0. The van der Waals surface area contributed by atoms with Crippen molar-refractivity contribution < 1.29 is 49.8 Å². The summed E-state index contributed by atoms with van der Waals surface area (Å²) in [7, 11) is 1.07. The number of amides is 1. The Morgan fingerprint density at radius 2 is 1.48 bits per heavy atom. The number of carbonyl (C=O) groups excluding carboxylic acids is 2. The molecule has 0 radical (unpaired) electrons. The van der Waals surface area contributed by atoms with E-state index < -0.39 is 54.3 Å². The van der Waals surface area contributed by atoms with Crippen molar-refractivity contribution in [2.75, 3.05) is 13.7 Å². The Labute approximate surface area is 225 Å². The van der Waals surface area contributed by atoms with E-state index in [1.807, 2.05) is 0 Å². The van der Waals surface area contributed by atoms with Gasteiger partial charge in [-0.15, -0.1) is 0 Å². The van der Waals surface area contributed by atoms with E-state index in [1.54, 1.807) is 6.92 Å². The minimum Gasteiger partial charge on any atom is -0.469 e. The number of hydrogen-bond donors (Lipinski definition) is 0. The SMILES string of the molecule is CCN(Cc1cc(C(F)(F)F)ccc1-c1cc(CC(=O)OC)cc(C(F)(F)F)c1)C(=O)OCc1ccc(F)cc1. The van der Waals surface area contributed by atoms with Crippen LogP contribution in [0.2, 0.25) is 0 Å². The highest BCUT2D eigenvalue weighted by atomic mass is 19.4. The zero-order valence-corrected chi connectivity index (χ0v) is 21.3. The second-order valence-electron chi connectivity index (χ2n) is 8.73. The Kier molecular flexibility index (Phi) is 9.44. The average Bonchev–Trinajstić information content (AvgIpc) is 2.89. The Morgan fingerprint density at radius 1 is 0.825 bits per heavy atom. The molecule has 0 aromatic heterocycles. The van der Waals surface area contributed by atoms with E-state index in [2.05, 4.69) is 4.74 Å². The van der Waals surface area contributed by atoms with Crippen LogP contribution in [-0.2, 0) is 46.2 Å². The molecule has 0 N–H and O–H groups in total. The number of ether oxygens (including phenoxy) is 2. The molecule has 0 fully saturated rings. The number of carbonyl (C=O) groups is 2. The molecule has 0 saturated carbocycles. The average molecular weight is 571 g/mol. The predicted octanol–water partition coefficient (Wildman–Crippen LogP) is 7.40. The minimum atomic E-state index is -4.81. The van der Waals surface area contributed by atoms with Gasteiger partial charge in [0, 0.05) is 13.1 Å². The summed E-state index contributed by atoms with van der Waals surface area (Å²) in [5, 5.41) is 0. The molecule has 214 valence electrons. The lowest BCUT2D eigenvalue weighted by atomic mass is 9.93. The van der Waals surface area contributed by atoms with E-state index in [0.29, 0.717) is 5.56 Å². The molecule has 0 spiro atoms. The molecule has 5 nitrogen and oxygen atoms in total. The van der Waals surface area contributed by atoms with Crippen molar-refractivity contribution in [3.63, 3.8) is 0 Å². The standard InChI is InChI=1S/C28H24F7NO4/c1-3-36(26(38)40-16-17-4-7-23(29)8-5-17)15-20-14-21(27(30,31)32)6-9-24(20)19-10-18(12-25(37)39-2)11-22(13-19)28(33,34)35/h4-11,13-14H,3,12,15-16H2,1-2H3. The topological polar surface area (TPSA) is 55.8 Å². The van der Waals surface area contributed by atoms with Crippen molar-refractivity contribution in [1.82, 2.24) is 4.90 Å². The van der Waals surface area contributed by atoms with E-state index in [1.165, 1.54) is 30.3 Å². The van der Waals surface area contributed by atoms with Crippen LogP contribution in [0.5, 0.6) is 0 Å². The van der Waals surface area contributed by atoms with Crippen LogP contribution in [-0.4, -0.2) is 30.6 Å². The van der Waals surface area contributed by atoms with Crippen molar-refractivity contribution in [3.05, 3.63) is 94.3 Å². The smallest absolute Gasteiger partial charge is 0.416 e. The van der Waals surface area contributed by atoms with Crippen LogP contribution in [0.1, 0.15) is 34.7 Å². The Bertz CT molecular complexity index is 1350. The number of benzene rings is 3. The number of methoxy groups -OCH3 is 1. The summed E-state index contributed by atoms with van der Waals surface area (Å²) < 4.78 is 105. The van der Waals surface area contributed by atoms with Gasteiger partial charge >= 0.3 is 24.4 Å². The fourth-order valence-corrected chi connectivity index (χ4v) is 3.86. The summed E-state index contributed by atoms with van der Waals surface area (Å²) in [6.45, 7) is 0.870. The molecule has 0 saturated heterocycles. The van der Waals surface area contributed by atoms with Crippen LogP contribution in [0.25, 0.3) is 11.1 Å². The molecular formula is C28H24F7NO4. The lowest BCUT2D eigenvalue weighted by Gasteiger charge is -2.23. The molecule has 3 rings (SSSR count). The fourth-order valence-electron chi connectivity index (χ4n) is 3.86. The van der Waals surface area contributed by atoms with Crippen molar-refractivity contribution >= 4 is 12.1 Å². The first kappa shape index (κ1) is 30.5. The molecule has 1 amide bonds. The van der Waals surface area contributed by atoms with Gasteiger partial charge in [-0.2, -0.15) is 26.3 Å². The first-order chi connectivity index (χ1) is 18.7. The molecule has 3 aromatic rings. The summed E-state index contributed by atoms with van der Waals surface area (Å²) in [5.74, 6) is -1.30. The second-order valence-corrected chi connectivity index (χ2v) is 8.73. The lowest BCUT2D eigenvalue weighted by molar-refractivity contribution is -0.140. The number of hydrogen-bond acceptors (Lipinski definition) is 4. The first-order valence-electron chi connectivity index (χ1n) is 11.9. The van der Waals surface area contributed by atoms with Gasteiger partial charge in [-0.05, 0) is 71.1 Å². The van der Waals surface area contributed by atoms with Gasteiger partial charge in [0.2, 0.25) is 0 Å². The second kappa shape index (κ2) is 12.4. The van der Waals surface area contributed by atoms with Crippen LogP contribution in [0, 0.1) is 5.82 Å². The van der Waals surface area contributed by atoms with Crippen molar-refractivity contribution in [3.8, 4) is 11.1 Å². The molecule has 0 aliphatic rings. The van der Waals surface area contributed by atoms with Crippen molar-refractivity contribution in [1.29, 1.82) is 0 Å². The molecule has 12 heteroatoms. The Balaban J connectivity index is 2.02. The van der Waals surface area contributed by atoms with Crippen LogP contribution in [0.4, 0.5) is 35.5 Å². The lowest BCUT2D eigenvalue weighted by Crippen LogP contribution is -2.31. The van der Waals surface area contributed by atoms with Gasteiger partial charge in [0.1, 0.15) is 12.4 Å². The third-order valence-electron chi connectivity index (χ3n) is 5.92. The Hall–Kier alpha value is -4.09. The van der Waals surface area contributed by atoms with Crippen LogP contribution >= 0.6 is 0 Å². The van der Waals surface area contributed by atoms with Gasteiger partial charge in [0.15, 0.2) is 0 Å². The molecule has 0 unspecified atom stereocenters.